The highest BCUT2D eigenvalue weighted by Gasteiger charge is 2.22. The van der Waals surface area contributed by atoms with E-state index in [1.54, 1.807) is 28.8 Å². The summed E-state index contributed by atoms with van der Waals surface area (Å²) in [6.07, 6.45) is 0. The molecule has 4 rings (SSSR count). The lowest BCUT2D eigenvalue weighted by Gasteiger charge is -2.26. The summed E-state index contributed by atoms with van der Waals surface area (Å²) in [4.78, 5) is 39.6. The van der Waals surface area contributed by atoms with Crippen molar-refractivity contribution in [2.24, 2.45) is 0 Å². The molecule has 0 atom stereocenters. The first-order chi connectivity index (χ1) is 16.9. The summed E-state index contributed by atoms with van der Waals surface area (Å²) in [6, 6.07) is 21.3. The number of carbonyl (C=O) groups excluding carboxylic acids is 3. The van der Waals surface area contributed by atoms with Crippen LogP contribution in [-0.4, -0.2) is 42.3 Å². The van der Waals surface area contributed by atoms with Crippen LogP contribution in [0.1, 0.15) is 43.0 Å². The van der Waals surface area contributed by atoms with E-state index in [-0.39, 0.29) is 24.3 Å². The maximum Gasteiger partial charge on any atom is 0.254 e. The lowest BCUT2D eigenvalue weighted by atomic mass is 10.1. The van der Waals surface area contributed by atoms with Gasteiger partial charge in [0.05, 0.1) is 6.54 Å². The molecule has 3 aromatic rings. The molecule has 0 spiro atoms. The van der Waals surface area contributed by atoms with E-state index in [9.17, 15) is 14.4 Å². The smallest absolute Gasteiger partial charge is 0.254 e. The van der Waals surface area contributed by atoms with Crippen LogP contribution in [0.25, 0.3) is 0 Å². The Morgan fingerprint density at radius 3 is 2.51 bits per heavy atom. The third-order valence-corrected chi connectivity index (χ3v) is 7.14. The Balaban J connectivity index is 1.31. The number of thioether (sulfide) groups is 1. The fourth-order valence-electron chi connectivity index (χ4n) is 3.97. The molecule has 35 heavy (non-hydrogen) atoms. The second-order valence-corrected chi connectivity index (χ2v) is 9.73. The lowest BCUT2D eigenvalue weighted by molar-refractivity contribution is -0.123. The molecule has 2 N–H and O–H groups in total. The van der Waals surface area contributed by atoms with Crippen molar-refractivity contribution >= 4 is 29.5 Å². The molecule has 1 aliphatic rings. The van der Waals surface area contributed by atoms with Crippen LogP contribution in [0, 0.1) is 13.8 Å². The molecular weight excluding hydrogens is 458 g/mol. The zero-order valence-corrected chi connectivity index (χ0v) is 20.8. The predicted octanol–water partition coefficient (Wildman–Crippen LogP) is 4.10. The lowest BCUT2D eigenvalue weighted by Crippen LogP contribution is -2.49. The highest BCUT2D eigenvalue weighted by Crippen LogP contribution is 2.27. The van der Waals surface area contributed by atoms with Crippen LogP contribution < -0.4 is 10.6 Å². The Kier molecular flexibility index (Phi) is 7.87. The van der Waals surface area contributed by atoms with E-state index in [2.05, 4.69) is 42.7 Å². The Hall–Kier alpha value is -3.58. The van der Waals surface area contributed by atoms with Gasteiger partial charge in [0.15, 0.2) is 0 Å². The van der Waals surface area contributed by atoms with Crippen LogP contribution in [0.3, 0.4) is 0 Å². The number of piperazine rings is 1. The van der Waals surface area contributed by atoms with E-state index in [0.29, 0.717) is 30.8 Å². The summed E-state index contributed by atoms with van der Waals surface area (Å²) in [7, 11) is 0. The number of carbonyl (C=O) groups is 3. The summed E-state index contributed by atoms with van der Waals surface area (Å²) in [6.45, 7) is 5.63. The van der Waals surface area contributed by atoms with Crippen molar-refractivity contribution in [3.05, 3.63) is 100 Å². The van der Waals surface area contributed by atoms with Crippen LogP contribution in [0.15, 0.2) is 71.6 Å². The van der Waals surface area contributed by atoms with Gasteiger partial charge in [0.2, 0.25) is 5.91 Å². The van der Waals surface area contributed by atoms with Crippen molar-refractivity contribution in [2.45, 2.75) is 31.0 Å². The quantitative estimate of drug-likeness (QED) is 0.492. The molecule has 0 aromatic heterocycles. The van der Waals surface area contributed by atoms with Gasteiger partial charge in [0.25, 0.3) is 11.8 Å². The van der Waals surface area contributed by atoms with Gasteiger partial charge in [-0.15, -0.1) is 11.8 Å². The van der Waals surface area contributed by atoms with E-state index < -0.39 is 0 Å². The first-order valence-electron chi connectivity index (χ1n) is 11.6. The Bertz CT molecular complexity index is 1240. The molecular formula is C28H29N3O3S. The number of amides is 3. The Morgan fingerprint density at radius 2 is 1.77 bits per heavy atom. The maximum atomic E-state index is 12.7. The van der Waals surface area contributed by atoms with Gasteiger partial charge in [0, 0.05) is 41.4 Å². The molecule has 1 aliphatic heterocycles. The molecule has 0 aliphatic carbocycles. The van der Waals surface area contributed by atoms with E-state index in [4.69, 9.17) is 0 Å². The van der Waals surface area contributed by atoms with Crippen LogP contribution in [0.5, 0.6) is 0 Å². The molecule has 7 heteroatoms. The van der Waals surface area contributed by atoms with Crippen LogP contribution in [0.2, 0.25) is 0 Å². The average molecular weight is 488 g/mol. The van der Waals surface area contributed by atoms with Crippen molar-refractivity contribution < 1.29 is 14.4 Å². The molecule has 0 bridgehead atoms. The second-order valence-electron chi connectivity index (χ2n) is 8.71. The standard InChI is InChI=1S/C28H29N3O3S/c1-19-6-11-25(20(2)14-19)35-18-22-4-3-5-24(15-22)27(33)30-16-21-7-9-23(10-8-21)28(34)31-13-12-29-26(32)17-31/h3-11,14-15H,12-13,16-18H2,1-2H3,(H,29,32)(H,30,33). The molecule has 0 saturated carbocycles. The summed E-state index contributed by atoms with van der Waals surface area (Å²) in [5, 5.41) is 5.67. The molecule has 0 unspecified atom stereocenters. The van der Waals surface area contributed by atoms with E-state index in [1.165, 1.54) is 16.0 Å². The zero-order valence-electron chi connectivity index (χ0n) is 20.0. The molecule has 0 radical (unpaired) electrons. The highest BCUT2D eigenvalue weighted by molar-refractivity contribution is 7.98. The van der Waals surface area contributed by atoms with Gasteiger partial charge in [-0.25, -0.2) is 0 Å². The Morgan fingerprint density at radius 1 is 0.971 bits per heavy atom. The normalized spacial score (nSPS) is 13.3. The number of benzene rings is 3. The van der Waals surface area contributed by atoms with Crippen LogP contribution >= 0.6 is 11.8 Å². The van der Waals surface area contributed by atoms with Crippen LogP contribution in [-0.2, 0) is 17.1 Å². The highest BCUT2D eigenvalue weighted by atomic mass is 32.2. The average Bonchev–Trinajstić information content (AvgIpc) is 2.87. The monoisotopic (exact) mass is 487 g/mol. The van der Waals surface area contributed by atoms with Crippen molar-refractivity contribution in [3.63, 3.8) is 0 Å². The minimum atomic E-state index is -0.161. The molecule has 6 nitrogen and oxygen atoms in total. The number of aryl methyl sites for hydroxylation is 2. The molecule has 1 saturated heterocycles. The number of rotatable bonds is 7. The third kappa shape index (κ3) is 6.51. The fourth-order valence-corrected chi connectivity index (χ4v) is 4.92. The second kappa shape index (κ2) is 11.2. The molecule has 1 fully saturated rings. The van der Waals surface area contributed by atoms with Crippen LogP contribution in [0.4, 0.5) is 0 Å². The van der Waals surface area contributed by atoms with Crippen molar-refractivity contribution in [1.29, 1.82) is 0 Å². The first kappa shape index (κ1) is 24.5. The maximum absolute atomic E-state index is 12.7. The molecule has 180 valence electrons. The number of nitrogens with one attached hydrogen (secondary N) is 2. The van der Waals surface area contributed by atoms with Crippen molar-refractivity contribution in [2.75, 3.05) is 19.6 Å². The first-order valence-corrected chi connectivity index (χ1v) is 12.6. The number of nitrogens with zero attached hydrogens (tertiary/aromatic N) is 1. The van der Waals surface area contributed by atoms with Gasteiger partial charge in [-0.2, -0.15) is 0 Å². The summed E-state index contributed by atoms with van der Waals surface area (Å²) < 4.78 is 0. The zero-order chi connectivity index (χ0) is 24.8. The topological polar surface area (TPSA) is 78.5 Å². The fraction of sp³-hybridized carbons (Fsp3) is 0.250. The predicted molar refractivity (Wildman–Crippen MR) is 138 cm³/mol. The van der Waals surface area contributed by atoms with Gasteiger partial charge in [-0.1, -0.05) is 42.0 Å². The minimum Gasteiger partial charge on any atom is -0.353 e. The number of hydrogen-bond donors (Lipinski definition) is 2. The largest absolute Gasteiger partial charge is 0.353 e. The SMILES string of the molecule is Cc1ccc(SCc2cccc(C(=O)NCc3ccc(C(=O)N4CCNC(=O)C4)cc3)c2)c(C)c1. The Labute approximate surface area is 210 Å². The third-order valence-electron chi connectivity index (χ3n) is 5.89. The van der Waals surface area contributed by atoms with E-state index >= 15 is 0 Å². The van der Waals surface area contributed by atoms with Gasteiger partial charge < -0.3 is 15.5 Å². The summed E-state index contributed by atoms with van der Waals surface area (Å²) in [5.74, 6) is 0.352. The molecule has 3 aromatic carbocycles. The molecule has 3 amide bonds. The van der Waals surface area contributed by atoms with Gasteiger partial charge in [0.1, 0.15) is 0 Å². The number of hydrogen-bond acceptors (Lipinski definition) is 4. The van der Waals surface area contributed by atoms with Crippen molar-refractivity contribution in [3.8, 4) is 0 Å². The minimum absolute atomic E-state index is 0.0822. The summed E-state index contributed by atoms with van der Waals surface area (Å²) >= 11 is 1.77. The van der Waals surface area contributed by atoms with Gasteiger partial charge in [-0.05, 0) is 60.9 Å². The van der Waals surface area contributed by atoms with E-state index in [0.717, 1.165) is 16.9 Å². The molecule has 1 heterocycles. The van der Waals surface area contributed by atoms with Gasteiger partial charge in [-0.3, -0.25) is 14.4 Å². The van der Waals surface area contributed by atoms with E-state index in [1.807, 2.05) is 36.4 Å². The van der Waals surface area contributed by atoms with Gasteiger partial charge >= 0.3 is 0 Å². The van der Waals surface area contributed by atoms with Crippen molar-refractivity contribution in [1.82, 2.24) is 15.5 Å². The summed E-state index contributed by atoms with van der Waals surface area (Å²) in [5.41, 5.74) is 5.66.